The third-order valence-corrected chi connectivity index (χ3v) is 6.08. The lowest BCUT2D eigenvalue weighted by atomic mass is 9.83. The van der Waals surface area contributed by atoms with Crippen LogP contribution in [0.5, 0.6) is 0 Å². The van der Waals surface area contributed by atoms with E-state index < -0.39 is 0 Å². The smallest absolute Gasteiger partial charge is 0.0535 e. The van der Waals surface area contributed by atoms with Crippen molar-refractivity contribution in [3.05, 3.63) is 24.8 Å². The van der Waals surface area contributed by atoms with Gasteiger partial charge in [0.25, 0.3) is 0 Å². The van der Waals surface area contributed by atoms with Gasteiger partial charge < -0.3 is 0 Å². The molecule has 1 saturated heterocycles. The lowest BCUT2D eigenvalue weighted by molar-refractivity contribution is 0.441. The van der Waals surface area contributed by atoms with Gasteiger partial charge in [-0.1, -0.05) is 53.7 Å². The maximum atomic E-state index is 3.94. The van der Waals surface area contributed by atoms with Crippen LogP contribution in [-0.4, -0.2) is 10.5 Å². The van der Waals surface area contributed by atoms with E-state index in [4.69, 9.17) is 0 Å². The minimum Gasteiger partial charge on any atom is -0.103 e. The van der Waals surface area contributed by atoms with Crippen LogP contribution in [0.2, 0.25) is 0 Å². The molecule has 2 unspecified atom stereocenters. The second-order valence-corrected chi connectivity index (χ2v) is 6.37. The molecule has 0 aromatic heterocycles. The molecule has 1 heterocycles. The molecule has 0 saturated carbocycles. The van der Waals surface area contributed by atoms with Gasteiger partial charge in [0.2, 0.25) is 0 Å². The molecular weight excluding hydrogens is 196 g/mol. The first-order valence-electron chi connectivity index (χ1n) is 4.74. The van der Waals surface area contributed by atoms with Gasteiger partial charge in [0, 0.05) is 11.7 Å². The Kier molecular flexibility index (Phi) is 3.99. The van der Waals surface area contributed by atoms with Crippen LogP contribution in [-0.2, 0) is 0 Å². The molecule has 74 valence electrons. The normalized spacial score (nSPS) is 34.6. The van der Waals surface area contributed by atoms with Crippen LogP contribution in [0.15, 0.2) is 24.8 Å². The van der Waals surface area contributed by atoms with Crippen molar-refractivity contribution >= 4 is 21.6 Å². The fraction of sp³-hybridized carbons (Fsp3) is 0.636. The predicted molar refractivity (Wildman–Crippen MR) is 66.1 cm³/mol. The second-order valence-electron chi connectivity index (χ2n) is 3.72. The van der Waals surface area contributed by atoms with Crippen LogP contribution in [0.25, 0.3) is 0 Å². The number of rotatable bonds is 3. The van der Waals surface area contributed by atoms with Crippen LogP contribution in [0.4, 0.5) is 0 Å². The standard InChI is InChI=1S/C11H18S2/c1-5-7-11(9(3)4)10(6-2)8-12-13-11/h5-7,9-10H,2,8H2,1,3-4H3/b7-5-. The van der Waals surface area contributed by atoms with Crippen molar-refractivity contribution in [3.8, 4) is 0 Å². The second kappa shape index (κ2) is 4.61. The van der Waals surface area contributed by atoms with Crippen LogP contribution < -0.4 is 0 Å². The minimum absolute atomic E-state index is 0.293. The first-order valence-corrected chi connectivity index (χ1v) is 7.06. The van der Waals surface area contributed by atoms with Crippen molar-refractivity contribution < 1.29 is 0 Å². The molecule has 0 nitrogen and oxygen atoms in total. The summed E-state index contributed by atoms with van der Waals surface area (Å²) in [6.07, 6.45) is 6.65. The van der Waals surface area contributed by atoms with Gasteiger partial charge in [-0.3, -0.25) is 0 Å². The Labute approximate surface area is 89.6 Å². The monoisotopic (exact) mass is 214 g/mol. The first-order chi connectivity index (χ1) is 6.17. The SMILES string of the molecule is C=CC1CSSC1(/C=C\C)C(C)C. The fourth-order valence-electron chi connectivity index (χ4n) is 1.78. The van der Waals surface area contributed by atoms with Crippen molar-refractivity contribution in [2.75, 3.05) is 5.75 Å². The van der Waals surface area contributed by atoms with Crippen LogP contribution in [0, 0.1) is 11.8 Å². The van der Waals surface area contributed by atoms with E-state index in [1.54, 1.807) is 0 Å². The number of hydrogen-bond donors (Lipinski definition) is 0. The molecule has 0 spiro atoms. The summed E-state index contributed by atoms with van der Waals surface area (Å²) in [5.41, 5.74) is 0. The summed E-state index contributed by atoms with van der Waals surface area (Å²) in [5, 5.41) is 0. The largest absolute Gasteiger partial charge is 0.103 e. The van der Waals surface area contributed by atoms with Crippen molar-refractivity contribution in [3.63, 3.8) is 0 Å². The lowest BCUT2D eigenvalue weighted by Crippen LogP contribution is -2.34. The van der Waals surface area contributed by atoms with E-state index in [9.17, 15) is 0 Å². The molecule has 13 heavy (non-hydrogen) atoms. The average molecular weight is 214 g/mol. The highest BCUT2D eigenvalue weighted by Crippen LogP contribution is 2.55. The van der Waals surface area contributed by atoms with E-state index in [1.165, 1.54) is 5.75 Å². The van der Waals surface area contributed by atoms with E-state index in [1.807, 2.05) is 21.6 Å². The molecule has 1 fully saturated rings. The van der Waals surface area contributed by atoms with Gasteiger partial charge in [-0.05, 0) is 12.8 Å². The molecule has 0 aromatic carbocycles. The topological polar surface area (TPSA) is 0 Å². The Balaban J connectivity index is 2.94. The summed E-state index contributed by atoms with van der Waals surface area (Å²) >= 11 is 0. The van der Waals surface area contributed by atoms with Crippen molar-refractivity contribution in [1.82, 2.24) is 0 Å². The fourth-order valence-corrected chi connectivity index (χ4v) is 5.78. The van der Waals surface area contributed by atoms with Gasteiger partial charge in [0.05, 0.1) is 4.75 Å². The first kappa shape index (κ1) is 11.3. The molecule has 0 radical (unpaired) electrons. The van der Waals surface area contributed by atoms with Gasteiger partial charge in [0.15, 0.2) is 0 Å². The third-order valence-electron chi connectivity index (χ3n) is 2.64. The Hall–Kier alpha value is 0.180. The zero-order chi connectivity index (χ0) is 9.90. The van der Waals surface area contributed by atoms with E-state index in [2.05, 4.69) is 45.6 Å². The maximum Gasteiger partial charge on any atom is 0.0535 e. The third kappa shape index (κ3) is 1.99. The molecule has 2 atom stereocenters. The van der Waals surface area contributed by atoms with E-state index >= 15 is 0 Å². The predicted octanol–water partition coefficient (Wildman–Crippen LogP) is 4.15. The van der Waals surface area contributed by atoms with E-state index in [0.29, 0.717) is 16.6 Å². The van der Waals surface area contributed by atoms with E-state index in [-0.39, 0.29) is 0 Å². The molecule has 1 rings (SSSR count). The Morgan fingerprint density at radius 1 is 1.54 bits per heavy atom. The van der Waals surface area contributed by atoms with Gasteiger partial charge in [-0.2, -0.15) is 0 Å². The van der Waals surface area contributed by atoms with Crippen molar-refractivity contribution in [2.24, 2.45) is 11.8 Å². The number of allylic oxidation sites excluding steroid dienone is 2. The highest BCUT2D eigenvalue weighted by molar-refractivity contribution is 8.77. The summed E-state index contributed by atoms with van der Waals surface area (Å²) in [6, 6.07) is 0. The van der Waals surface area contributed by atoms with Crippen LogP contribution in [0.3, 0.4) is 0 Å². The van der Waals surface area contributed by atoms with E-state index in [0.717, 1.165) is 0 Å². The molecule has 0 N–H and O–H groups in total. The average Bonchev–Trinajstić information content (AvgIpc) is 2.49. The lowest BCUT2D eigenvalue weighted by Gasteiger charge is -2.33. The van der Waals surface area contributed by atoms with Gasteiger partial charge in [0.1, 0.15) is 0 Å². The zero-order valence-electron chi connectivity index (χ0n) is 8.62. The molecule has 1 aliphatic heterocycles. The van der Waals surface area contributed by atoms with Crippen LogP contribution in [0.1, 0.15) is 20.8 Å². The molecule has 0 aliphatic carbocycles. The van der Waals surface area contributed by atoms with Gasteiger partial charge in [-0.25, -0.2) is 0 Å². The Morgan fingerprint density at radius 3 is 2.69 bits per heavy atom. The summed E-state index contributed by atoms with van der Waals surface area (Å²) < 4.78 is 0.293. The maximum absolute atomic E-state index is 3.94. The van der Waals surface area contributed by atoms with Gasteiger partial charge >= 0.3 is 0 Å². The highest BCUT2D eigenvalue weighted by atomic mass is 33.1. The van der Waals surface area contributed by atoms with Crippen molar-refractivity contribution in [1.29, 1.82) is 0 Å². The number of hydrogen-bond acceptors (Lipinski definition) is 2. The molecule has 2 heteroatoms. The summed E-state index contributed by atoms with van der Waals surface area (Å²) in [7, 11) is 3.99. The Bertz CT molecular complexity index is 208. The summed E-state index contributed by atoms with van der Waals surface area (Å²) in [6.45, 7) is 10.6. The summed E-state index contributed by atoms with van der Waals surface area (Å²) in [5.74, 6) is 2.50. The molecular formula is C11H18S2. The molecule has 1 aliphatic rings. The minimum atomic E-state index is 0.293. The quantitative estimate of drug-likeness (QED) is 0.511. The van der Waals surface area contributed by atoms with Gasteiger partial charge in [-0.15, -0.1) is 6.58 Å². The summed E-state index contributed by atoms with van der Waals surface area (Å²) in [4.78, 5) is 0. The highest BCUT2D eigenvalue weighted by Gasteiger charge is 2.43. The zero-order valence-corrected chi connectivity index (χ0v) is 10.3. The molecule has 0 aromatic rings. The molecule has 0 bridgehead atoms. The van der Waals surface area contributed by atoms with Crippen LogP contribution >= 0.6 is 21.6 Å². The molecule has 0 amide bonds. The van der Waals surface area contributed by atoms with Crippen molar-refractivity contribution in [2.45, 2.75) is 25.5 Å². The Morgan fingerprint density at radius 2 is 2.23 bits per heavy atom.